The summed E-state index contributed by atoms with van der Waals surface area (Å²) in [6, 6.07) is 11.0. The highest BCUT2D eigenvalue weighted by Gasteiger charge is 2.33. The van der Waals surface area contributed by atoms with Crippen molar-refractivity contribution in [2.75, 3.05) is 25.1 Å². The second kappa shape index (κ2) is 9.70. The molecule has 2 aromatic heterocycles. The second-order valence-electron chi connectivity index (χ2n) is 8.90. The molecule has 2 atom stereocenters. The van der Waals surface area contributed by atoms with E-state index in [9.17, 15) is 23.2 Å². The van der Waals surface area contributed by atoms with E-state index in [1.54, 1.807) is 31.3 Å². The van der Waals surface area contributed by atoms with Gasteiger partial charge in [0.05, 0.1) is 18.3 Å². The Hall–Kier alpha value is -3.78. The van der Waals surface area contributed by atoms with E-state index in [1.807, 2.05) is 13.8 Å². The number of hydrogen-bond donors (Lipinski definition) is 0. The molecule has 0 N–H and O–H groups in total. The van der Waals surface area contributed by atoms with Crippen LogP contribution in [0.25, 0.3) is 11.0 Å². The van der Waals surface area contributed by atoms with E-state index in [1.165, 1.54) is 23.8 Å². The van der Waals surface area contributed by atoms with Gasteiger partial charge in [0.25, 0.3) is 5.56 Å². The molecule has 1 saturated heterocycles. The smallest absolute Gasteiger partial charge is 0.496 e. The van der Waals surface area contributed by atoms with Gasteiger partial charge >= 0.3 is 6.36 Å². The lowest BCUT2D eigenvalue weighted by Gasteiger charge is -2.45. The van der Waals surface area contributed by atoms with E-state index in [2.05, 4.69) is 25.6 Å². The van der Waals surface area contributed by atoms with Gasteiger partial charge in [-0.25, -0.2) is 4.98 Å². The van der Waals surface area contributed by atoms with Crippen molar-refractivity contribution in [1.82, 2.24) is 14.5 Å². The minimum atomic E-state index is -4.78. The number of aryl methyl sites for hydroxylation is 1. The van der Waals surface area contributed by atoms with E-state index in [4.69, 9.17) is 4.74 Å². The van der Waals surface area contributed by atoms with Crippen molar-refractivity contribution in [3.63, 3.8) is 0 Å². The lowest BCUT2D eigenvalue weighted by atomic mass is 10.0. The molecule has 0 amide bonds. The number of piperazine rings is 1. The molecule has 1 fully saturated rings. The summed E-state index contributed by atoms with van der Waals surface area (Å²) in [6.07, 6.45) is -4.78. The number of fused-ring (bicyclic) bond motifs is 1. The highest BCUT2D eigenvalue weighted by atomic mass is 19.4. The number of benzene rings is 1. The minimum Gasteiger partial charge on any atom is -0.496 e. The minimum absolute atomic E-state index is 0.0112. The van der Waals surface area contributed by atoms with Crippen molar-refractivity contribution < 1.29 is 22.6 Å². The number of halogens is 3. The zero-order chi connectivity index (χ0) is 26.2. The number of pyridine rings is 2. The number of methoxy groups -OCH3 is 1. The van der Waals surface area contributed by atoms with Crippen molar-refractivity contribution in [2.24, 2.45) is 7.05 Å². The van der Waals surface area contributed by atoms with Crippen molar-refractivity contribution >= 4 is 16.7 Å². The molecule has 1 aromatic carbocycles. The second-order valence-corrected chi connectivity index (χ2v) is 8.90. The van der Waals surface area contributed by atoms with Crippen molar-refractivity contribution in [3.05, 3.63) is 58.0 Å². The quantitative estimate of drug-likeness (QED) is 0.526. The molecule has 3 heterocycles. The van der Waals surface area contributed by atoms with Crippen LogP contribution in [0.3, 0.4) is 0 Å². The molecular formula is C25H26F3N5O3. The predicted octanol–water partition coefficient (Wildman–Crippen LogP) is 3.81. The van der Waals surface area contributed by atoms with Gasteiger partial charge in [0, 0.05) is 56.5 Å². The average Bonchev–Trinajstić information content (AvgIpc) is 2.83. The van der Waals surface area contributed by atoms with Gasteiger partial charge in [-0.1, -0.05) is 6.07 Å². The average molecular weight is 502 g/mol. The number of aromatic nitrogens is 2. The molecular weight excluding hydrogens is 475 g/mol. The number of nitriles is 1. The molecule has 8 nitrogen and oxygen atoms in total. The first-order valence-electron chi connectivity index (χ1n) is 11.3. The topological polar surface area (TPSA) is 83.6 Å². The molecule has 0 unspecified atom stereocenters. The van der Waals surface area contributed by atoms with Gasteiger partial charge in [0.15, 0.2) is 0 Å². The summed E-state index contributed by atoms with van der Waals surface area (Å²) in [6.45, 7) is 5.75. The van der Waals surface area contributed by atoms with Crippen LogP contribution in [0.4, 0.5) is 18.9 Å². The van der Waals surface area contributed by atoms with Crippen molar-refractivity contribution in [3.8, 4) is 17.6 Å². The van der Waals surface area contributed by atoms with Crippen molar-refractivity contribution in [1.29, 1.82) is 5.26 Å². The van der Waals surface area contributed by atoms with Crippen LogP contribution in [0, 0.1) is 11.3 Å². The molecule has 0 bridgehead atoms. The largest absolute Gasteiger partial charge is 0.573 e. The summed E-state index contributed by atoms with van der Waals surface area (Å²) in [5.41, 5.74) is 2.74. The summed E-state index contributed by atoms with van der Waals surface area (Å²) < 4.78 is 48.6. The van der Waals surface area contributed by atoms with E-state index in [0.717, 1.165) is 5.56 Å². The summed E-state index contributed by atoms with van der Waals surface area (Å²) in [7, 11) is 3.08. The Kier molecular flexibility index (Phi) is 6.82. The molecule has 0 aliphatic carbocycles. The Morgan fingerprint density at radius 3 is 2.56 bits per heavy atom. The maximum Gasteiger partial charge on any atom is 0.573 e. The Balaban J connectivity index is 1.60. The summed E-state index contributed by atoms with van der Waals surface area (Å²) in [4.78, 5) is 21.5. The molecule has 1 aliphatic heterocycles. The summed E-state index contributed by atoms with van der Waals surface area (Å²) in [5.74, 6) is -0.0269. The molecule has 0 spiro atoms. The van der Waals surface area contributed by atoms with Gasteiger partial charge in [-0.05, 0) is 32.0 Å². The van der Waals surface area contributed by atoms with Gasteiger partial charge < -0.3 is 18.9 Å². The molecule has 0 radical (unpaired) electrons. The molecule has 1 aliphatic rings. The van der Waals surface area contributed by atoms with E-state index >= 15 is 0 Å². The lowest BCUT2D eigenvalue weighted by Crippen LogP contribution is -2.56. The van der Waals surface area contributed by atoms with Crippen molar-refractivity contribution in [2.45, 2.75) is 38.8 Å². The predicted molar refractivity (Wildman–Crippen MR) is 128 cm³/mol. The number of hydrogen-bond acceptors (Lipinski definition) is 7. The number of ether oxygens (including phenoxy) is 2. The number of rotatable bonds is 5. The van der Waals surface area contributed by atoms with Gasteiger partial charge in [0.1, 0.15) is 28.8 Å². The van der Waals surface area contributed by atoms with Gasteiger partial charge in [-0.3, -0.25) is 9.69 Å². The third-order valence-corrected chi connectivity index (χ3v) is 6.47. The molecule has 190 valence electrons. The molecule has 0 saturated carbocycles. The van der Waals surface area contributed by atoms with E-state index in [0.29, 0.717) is 42.1 Å². The first-order chi connectivity index (χ1) is 17.0. The van der Waals surface area contributed by atoms with Crippen LogP contribution in [0.2, 0.25) is 0 Å². The summed E-state index contributed by atoms with van der Waals surface area (Å²) in [5, 5.41) is 9.33. The SMILES string of the molecule is COc1cc(OC(F)(F)F)ccc1CN1C[C@H](C)N(c2cc(=O)n(C)c3ccc(C#N)nc23)C[C@H]1C. The maximum atomic E-state index is 12.7. The van der Waals surface area contributed by atoms with Gasteiger partial charge in [-0.15, -0.1) is 13.2 Å². The zero-order valence-electron chi connectivity index (χ0n) is 20.3. The van der Waals surface area contributed by atoms with Gasteiger partial charge in [0.2, 0.25) is 0 Å². The Morgan fingerprint density at radius 2 is 1.89 bits per heavy atom. The standard InChI is InChI=1S/C25H26F3N5O3/c1-15-13-33(21-10-23(34)31(3)20-8-6-18(11-29)30-24(20)21)16(2)12-32(15)14-17-5-7-19(9-22(17)35-4)36-25(26,27)28/h5-10,15-16H,12-14H2,1-4H3/t15-,16+/m1/s1. The van der Waals surface area contributed by atoms with Crippen LogP contribution in [-0.4, -0.2) is 53.1 Å². The maximum absolute atomic E-state index is 12.7. The van der Waals surface area contributed by atoms with Crippen LogP contribution >= 0.6 is 0 Å². The van der Waals surface area contributed by atoms with Gasteiger partial charge in [-0.2, -0.15) is 5.26 Å². The lowest BCUT2D eigenvalue weighted by molar-refractivity contribution is -0.274. The highest BCUT2D eigenvalue weighted by molar-refractivity contribution is 5.89. The normalized spacial score (nSPS) is 18.8. The molecule has 36 heavy (non-hydrogen) atoms. The number of nitrogens with zero attached hydrogens (tertiary/aromatic N) is 5. The molecule has 3 aromatic rings. The fraction of sp³-hybridized carbons (Fsp3) is 0.400. The third kappa shape index (κ3) is 5.09. The highest BCUT2D eigenvalue weighted by Crippen LogP contribution is 2.32. The van der Waals surface area contributed by atoms with Crippen LogP contribution < -0.4 is 19.9 Å². The Labute approximate surface area is 206 Å². The zero-order valence-corrected chi connectivity index (χ0v) is 20.3. The number of anilines is 1. The van der Waals surface area contributed by atoms with Crippen LogP contribution in [0.5, 0.6) is 11.5 Å². The Morgan fingerprint density at radius 1 is 1.14 bits per heavy atom. The first-order valence-corrected chi connectivity index (χ1v) is 11.3. The van der Waals surface area contributed by atoms with E-state index < -0.39 is 6.36 Å². The van der Waals surface area contributed by atoms with E-state index in [-0.39, 0.29) is 29.1 Å². The Bertz CT molecular complexity index is 1380. The van der Waals surface area contributed by atoms with Crippen LogP contribution in [0.15, 0.2) is 41.2 Å². The van der Waals surface area contributed by atoms with Crippen LogP contribution in [-0.2, 0) is 13.6 Å². The fourth-order valence-electron chi connectivity index (χ4n) is 4.62. The summed E-state index contributed by atoms with van der Waals surface area (Å²) >= 11 is 0. The van der Waals surface area contributed by atoms with Crippen LogP contribution in [0.1, 0.15) is 25.1 Å². The molecule has 4 rings (SSSR count). The molecule has 11 heteroatoms. The first kappa shape index (κ1) is 25.3. The number of alkyl halides is 3. The third-order valence-electron chi connectivity index (χ3n) is 6.47. The fourth-order valence-corrected chi connectivity index (χ4v) is 4.62. The monoisotopic (exact) mass is 501 g/mol.